The molecule has 0 bridgehead atoms. The Bertz CT molecular complexity index is 535. The number of carbonyl (C=O) groups is 1. The van der Waals surface area contributed by atoms with Gasteiger partial charge in [-0.15, -0.1) is 0 Å². The molecule has 0 spiro atoms. The molecule has 0 aliphatic rings. The first-order valence-electron chi connectivity index (χ1n) is 13.0. The molecule has 0 fully saturated rings. The molecule has 31 heavy (non-hydrogen) atoms. The van der Waals surface area contributed by atoms with Gasteiger partial charge >= 0.3 is 0 Å². The molecule has 0 aliphatic carbocycles. The summed E-state index contributed by atoms with van der Waals surface area (Å²) in [4.78, 5) is 14.9. The van der Waals surface area contributed by atoms with Crippen LogP contribution in [-0.4, -0.2) is 29.9 Å². The summed E-state index contributed by atoms with van der Waals surface area (Å²) in [5, 5.41) is 0. The van der Waals surface area contributed by atoms with Gasteiger partial charge in [0.05, 0.1) is 6.04 Å². The van der Waals surface area contributed by atoms with Crippen LogP contribution in [0.4, 0.5) is 0 Å². The molecule has 1 aromatic rings. The quantitative estimate of drug-likeness (QED) is 0.242. The third-order valence-corrected chi connectivity index (χ3v) is 6.10. The van der Waals surface area contributed by atoms with E-state index in [2.05, 4.69) is 19.1 Å². The van der Waals surface area contributed by atoms with Gasteiger partial charge in [-0.1, -0.05) is 114 Å². The molecule has 1 aromatic carbocycles. The lowest BCUT2D eigenvalue weighted by Crippen LogP contribution is -2.43. The van der Waals surface area contributed by atoms with Crippen LogP contribution in [0.5, 0.6) is 0 Å². The van der Waals surface area contributed by atoms with Crippen molar-refractivity contribution < 1.29 is 4.79 Å². The molecule has 4 heteroatoms. The van der Waals surface area contributed by atoms with Crippen molar-refractivity contribution >= 4 is 5.91 Å². The molecule has 0 saturated carbocycles. The van der Waals surface area contributed by atoms with E-state index in [1.807, 2.05) is 23.1 Å². The van der Waals surface area contributed by atoms with Crippen LogP contribution < -0.4 is 11.5 Å². The maximum atomic E-state index is 12.9. The monoisotopic (exact) mass is 431 g/mol. The molecular weight excluding hydrogens is 382 g/mol. The van der Waals surface area contributed by atoms with E-state index in [-0.39, 0.29) is 5.91 Å². The van der Waals surface area contributed by atoms with Gasteiger partial charge in [-0.25, -0.2) is 0 Å². The van der Waals surface area contributed by atoms with Crippen molar-refractivity contribution in [1.29, 1.82) is 0 Å². The van der Waals surface area contributed by atoms with Crippen molar-refractivity contribution in [1.82, 2.24) is 4.90 Å². The Balaban J connectivity index is 2.27. The first kappa shape index (κ1) is 27.6. The second kappa shape index (κ2) is 19.3. The summed E-state index contributed by atoms with van der Waals surface area (Å²) < 4.78 is 0. The molecule has 0 aromatic heterocycles. The van der Waals surface area contributed by atoms with Crippen LogP contribution in [0.15, 0.2) is 30.3 Å². The van der Waals surface area contributed by atoms with E-state index >= 15 is 0 Å². The van der Waals surface area contributed by atoms with Gasteiger partial charge in [-0.05, 0) is 31.4 Å². The Morgan fingerprint density at radius 1 is 0.806 bits per heavy atom. The minimum Gasteiger partial charge on any atom is -0.337 e. The minimum absolute atomic E-state index is 0.0870. The first-order valence-corrected chi connectivity index (χ1v) is 13.0. The molecule has 1 rings (SSSR count). The number of benzene rings is 1. The lowest BCUT2D eigenvalue weighted by atomic mass is 10.0. The van der Waals surface area contributed by atoms with Crippen LogP contribution >= 0.6 is 0 Å². The number of amides is 1. The van der Waals surface area contributed by atoms with Gasteiger partial charge in [-0.2, -0.15) is 0 Å². The predicted molar refractivity (Wildman–Crippen MR) is 134 cm³/mol. The van der Waals surface area contributed by atoms with Crippen molar-refractivity contribution in [2.45, 2.75) is 116 Å². The fourth-order valence-corrected chi connectivity index (χ4v) is 4.08. The molecule has 0 unspecified atom stereocenters. The van der Waals surface area contributed by atoms with Crippen LogP contribution in [0.3, 0.4) is 0 Å². The Hall–Kier alpha value is -1.39. The Morgan fingerprint density at radius 3 is 1.90 bits per heavy atom. The highest BCUT2D eigenvalue weighted by Crippen LogP contribution is 2.14. The highest BCUT2D eigenvalue weighted by molar-refractivity contribution is 5.81. The van der Waals surface area contributed by atoms with Crippen LogP contribution in [0.25, 0.3) is 0 Å². The van der Waals surface area contributed by atoms with Gasteiger partial charge < -0.3 is 16.4 Å². The van der Waals surface area contributed by atoms with Gasteiger partial charge in [0, 0.05) is 13.1 Å². The third-order valence-electron chi connectivity index (χ3n) is 6.10. The Labute approximate surface area is 192 Å². The number of hydrogen-bond acceptors (Lipinski definition) is 3. The fraction of sp³-hybridized carbons (Fsp3) is 0.741. The summed E-state index contributed by atoms with van der Waals surface area (Å²) in [5.74, 6) is 0.0870. The summed E-state index contributed by atoms with van der Waals surface area (Å²) in [6, 6.07) is 9.84. The third kappa shape index (κ3) is 14.3. The maximum absolute atomic E-state index is 12.9. The molecule has 0 radical (unpaired) electrons. The fourth-order valence-electron chi connectivity index (χ4n) is 4.08. The van der Waals surface area contributed by atoms with Crippen molar-refractivity contribution in [3.8, 4) is 0 Å². The zero-order chi connectivity index (χ0) is 22.6. The summed E-state index contributed by atoms with van der Waals surface area (Å²) in [5.41, 5.74) is 13.0. The van der Waals surface area contributed by atoms with E-state index in [1.54, 1.807) is 0 Å². The Kier molecular flexibility index (Phi) is 17.2. The second-order valence-corrected chi connectivity index (χ2v) is 9.03. The summed E-state index contributed by atoms with van der Waals surface area (Å²) in [7, 11) is 0. The summed E-state index contributed by atoms with van der Waals surface area (Å²) in [6.07, 6.45) is 18.5. The van der Waals surface area contributed by atoms with E-state index in [0.29, 0.717) is 13.1 Å². The molecule has 4 N–H and O–H groups in total. The average Bonchev–Trinajstić information content (AvgIpc) is 2.79. The van der Waals surface area contributed by atoms with Gasteiger partial charge in [0.2, 0.25) is 5.91 Å². The smallest absolute Gasteiger partial charge is 0.239 e. The topological polar surface area (TPSA) is 72.3 Å². The van der Waals surface area contributed by atoms with E-state index in [1.165, 1.54) is 76.2 Å². The van der Waals surface area contributed by atoms with Crippen LogP contribution in [0.1, 0.15) is 109 Å². The van der Waals surface area contributed by atoms with E-state index in [9.17, 15) is 4.79 Å². The number of carbonyl (C=O) groups excluding carboxylic acids is 1. The normalized spacial score (nSPS) is 12.1. The van der Waals surface area contributed by atoms with Gasteiger partial charge in [0.25, 0.3) is 0 Å². The highest BCUT2D eigenvalue weighted by Gasteiger charge is 2.20. The SMILES string of the molecule is CCCCCCCCCCCCCCN(Cc1ccccc1)C(=O)[C@@H](N)CCCCN. The number of rotatable bonds is 20. The van der Waals surface area contributed by atoms with Gasteiger partial charge in [0.15, 0.2) is 0 Å². The van der Waals surface area contributed by atoms with Gasteiger partial charge in [-0.3, -0.25) is 4.79 Å². The van der Waals surface area contributed by atoms with Crippen molar-refractivity contribution in [2.24, 2.45) is 11.5 Å². The summed E-state index contributed by atoms with van der Waals surface area (Å²) >= 11 is 0. The minimum atomic E-state index is -0.410. The number of nitrogens with two attached hydrogens (primary N) is 2. The van der Waals surface area contributed by atoms with E-state index < -0.39 is 6.04 Å². The zero-order valence-electron chi connectivity index (χ0n) is 20.2. The standard InChI is InChI=1S/C27H49N3O/c1-2-3-4-5-6-7-8-9-10-11-12-18-23-30(24-25-19-14-13-15-20-25)27(31)26(29)21-16-17-22-28/h13-15,19-20,26H,2-12,16-18,21-24,28-29H2,1H3/t26-/m0/s1. The molecule has 0 aliphatic heterocycles. The van der Waals surface area contributed by atoms with Gasteiger partial charge in [0.1, 0.15) is 0 Å². The molecule has 178 valence electrons. The molecular formula is C27H49N3O. The number of unbranched alkanes of at least 4 members (excludes halogenated alkanes) is 12. The predicted octanol–water partition coefficient (Wildman–Crippen LogP) is 6.17. The maximum Gasteiger partial charge on any atom is 0.239 e. The lowest BCUT2D eigenvalue weighted by molar-refractivity contribution is -0.133. The number of hydrogen-bond donors (Lipinski definition) is 2. The molecule has 4 nitrogen and oxygen atoms in total. The van der Waals surface area contributed by atoms with E-state index in [0.717, 1.165) is 32.2 Å². The Morgan fingerprint density at radius 2 is 1.35 bits per heavy atom. The van der Waals surface area contributed by atoms with Crippen molar-refractivity contribution in [3.63, 3.8) is 0 Å². The summed E-state index contributed by atoms with van der Waals surface area (Å²) in [6.45, 7) is 4.39. The second-order valence-electron chi connectivity index (χ2n) is 9.03. The van der Waals surface area contributed by atoms with Crippen LogP contribution in [-0.2, 0) is 11.3 Å². The molecule has 1 atom stereocenters. The largest absolute Gasteiger partial charge is 0.337 e. The van der Waals surface area contributed by atoms with Crippen LogP contribution in [0, 0.1) is 0 Å². The number of nitrogens with zero attached hydrogens (tertiary/aromatic N) is 1. The van der Waals surface area contributed by atoms with Crippen molar-refractivity contribution in [3.05, 3.63) is 35.9 Å². The van der Waals surface area contributed by atoms with Crippen molar-refractivity contribution in [2.75, 3.05) is 13.1 Å². The van der Waals surface area contributed by atoms with Crippen LogP contribution in [0.2, 0.25) is 0 Å². The molecule has 0 saturated heterocycles. The zero-order valence-corrected chi connectivity index (χ0v) is 20.2. The first-order chi connectivity index (χ1) is 15.2. The molecule has 0 heterocycles. The molecule has 1 amide bonds. The highest BCUT2D eigenvalue weighted by atomic mass is 16.2. The average molecular weight is 432 g/mol. The van der Waals surface area contributed by atoms with E-state index in [4.69, 9.17) is 11.5 Å². The lowest BCUT2D eigenvalue weighted by Gasteiger charge is -2.26.